The third kappa shape index (κ3) is 7.93. The minimum atomic E-state index is -1.19. The SMILES string of the molecule is CCC(C)C(NC(=O)C(Cc1cnc[nH]1)NC(=O)C(NC(=O)C(N)CO)C(C)C)C(=O)O. The van der Waals surface area contributed by atoms with Crippen LogP contribution in [-0.4, -0.2) is 74.6 Å². The van der Waals surface area contributed by atoms with Crippen molar-refractivity contribution in [3.63, 3.8) is 0 Å². The van der Waals surface area contributed by atoms with Gasteiger partial charge in [-0.05, 0) is 11.8 Å². The van der Waals surface area contributed by atoms with E-state index < -0.39 is 54.5 Å². The molecule has 0 bridgehead atoms. The van der Waals surface area contributed by atoms with Gasteiger partial charge in [-0.3, -0.25) is 14.4 Å². The van der Waals surface area contributed by atoms with Crippen molar-refractivity contribution in [1.82, 2.24) is 25.9 Å². The van der Waals surface area contributed by atoms with Gasteiger partial charge in [0.25, 0.3) is 0 Å². The number of amides is 3. The fraction of sp³-hybridized carbons (Fsp3) is 0.650. The molecule has 0 radical (unpaired) electrons. The maximum atomic E-state index is 12.9. The number of aromatic nitrogens is 2. The van der Waals surface area contributed by atoms with Gasteiger partial charge < -0.3 is 36.9 Å². The summed E-state index contributed by atoms with van der Waals surface area (Å²) in [5.74, 6) is -3.89. The summed E-state index contributed by atoms with van der Waals surface area (Å²) in [4.78, 5) is 56.3. The molecule has 0 saturated carbocycles. The Hall–Kier alpha value is -2.99. The zero-order chi connectivity index (χ0) is 24.4. The van der Waals surface area contributed by atoms with E-state index in [1.54, 1.807) is 20.8 Å². The van der Waals surface area contributed by atoms with Gasteiger partial charge in [0, 0.05) is 18.3 Å². The minimum absolute atomic E-state index is 0.0271. The molecule has 1 aromatic heterocycles. The van der Waals surface area contributed by atoms with Gasteiger partial charge in [-0.1, -0.05) is 34.1 Å². The van der Waals surface area contributed by atoms with E-state index in [-0.39, 0.29) is 18.3 Å². The normalized spacial score (nSPS) is 15.8. The summed E-state index contributed by atoms with van der Waals surface area (Å²) in [5.41, 5.74) is 6.05. The number of aromatic amines is 1. The number of imidazole rings is 1. The van der Waals surface area contributed by atoms with Crippen LogP contribution >= 0.6 is 0 Å². The van der Waals surface area contributed by atoms with Gasteiger partial charge >= 0.3 is 5.97 Å². The highest BCUT2D eigenvalue weighted by atomic mass is 16.4. The lowest BCUT2D eigenvalue weighted by Gasteiger charge is -2.27. The predicted octanol–water partition coefficient (Wildman–Crippen LogP) is -1.49. The fourth-order valence-electron chi connectivity index (χ4n) is 2.90. The van der Waals surface area contributed by atoms with Gasteiger partial charge in [-0.2, -0.15) is 0 Å². The van der Waals surface area contributed by atoms with Gasteiger partial charge in [-0.25, -0.2) is 9.78 Å². The van der Waals surface area contributed by atoms with Crippen LogP contribution in [0.2, 0.25) is 0 Å². The quantitative estimate of drug-likeness (QED) is 0.187. The third-order valence-corrected chi connectivity index (χ3v) is 5.17. The standard InChI is InChI=1S/C20H34N6O6/c1-5-11(4)16(20(31)32)26-18(29)14(6-12-7-22-9-23-12)24-19(30)15(10(2)3)25-17(28)13(21)8-27/h7,9-11,13-16,27H,5-6,8,21H2,1-4H3,(H,22,23)(H,24,30)(H,25,28)(H,26,29)(H,31,32). The first-order valence-corrected chi connectivity index (χ1v) is 10.5. The number of aliphatic hydroxyl groups excluding tert-OH is 1. The van der Waals surface area contributed by atoms with E-state index in [4.69, 9.17) is 10.8 Å². The number of nitrogens with one attached hydrogen (secondary N) is 4. The maximum Gasteiger partial charge on any atom is 0.326 e. The van der Waals surface area contributed by atoms with Crippen LogP contribution in [0.5, 0.6) is 0 Å². The summed E-state index contributed by atoms with van der Waals surface area (Å²) in [6.07, 6.45) is 3.46. The van der Waals surface area contributed by atoms with Crippen LogP contribution in [0.25, 0.3) is 0 Å². The lowest BCUT2D eigenvalue weighted by Crippen LogP contribution is -2.59. The van der Waals surface area contributed by atoms with Crippen molar-refractivity contribution in [3.05, 3.63) is 18.2 Å². The van der Waals surface area contributed by atoms with Crippen molar-refractivity contribution < 1.29 is 29.4 Å². The lowest BCUT2D eigenvalue weighted by molar-refractivity contribution is -0.143. The number of carbonyl (C=O) groups is 4. The summed E-state index contributed by atoms with van der Waals surface area (Å²) in [5, 5.41) is 26.1. The van der Waals surface area contributed by atoms with Crippen molar-refractivity contribution in [2.24, 2.45) is 17.6 Å². The number of H-pyrrole nitrogens is 1. The molecule has 1 aromatic rings. The average Bonchev–Trinajstić information content (AvgIpc) is 3.26. The van der Waals surface area contributed by atoms with E-state index in [0.29, 0.717) is 12.1 Å². The Labute approximate surface area is 186 Å². The number of aliphatic carboxylic acids is 1. The highest BCUT2D eigenvalue weighted by Gasteiger charge is 2.33. The zero-order valence-corrected chi connectivity index (χ0v) is 18.8. The van der Waals surface area contributed by atoms with Crippen molar-refractivity contribution in [2.75, 3.05) is 6.61 Å². The highest BCUT2D eigenvalue weighted by molar-refractivity contribution is 5.94. The van der Waals surface area contributed by atoms with E-state index in [1.807, 2.05) is 6.92 Å². The topological polar surface area (TPSA) is 200 Å². The fourth-order valence-corrected chi connectivity index (χ4v) is 2.90. The summed E-state index contributed by atoms with van der Waals surface area (Å²) in [6.45, 7) is 6.32. The Bertz CT molecular complexity index is 769. The molecule has 0 spiro atoms. The number of carbonyl (C=O) groups excluding carboxylic acids is 3. The Morgan fingerprint density at radius 1 is 1.06 bits per heavy atom. The number of nitrogens with two attached hydrogens (primary N) is 1. The molecule has 32 heavy (non-hydrogen) atoms. The molecule has 0 fully saturated rings. The van der Waals surface area contributed by atoms with Crippen LogP contribution in [0.3, 0.4) is 0 Å². The van der Waals surface area contributed by atoms with Crippen LogP contribution in [-0.2, 0) is 25.6 Å². The first-order valence-electron chi connectivity index (χ1n) is 10.5. The van der Waals surface area contributed by atoms with Gasteiger partial charge in [0.15, 0.2) is 0 Å². The summed E-state index contributed by atoms with van der Waals surface area (Å²) >= 11 is 0. The molecular weight excluding hydrogens is 420 g/mol. The van der Waals surface area contributed by atoms with Crippen LogP contribution in [0.15, 0.2) is 12.5 Å². The number of rotatable bonds is 13. The van der Waals surface area contributed by atoms with Gasteiger partial charge in [-0.15, -0.1) is 0 Å². The largest absolute Gasteiger partial charge is 0.480 e. The molecule has 0 aliphatic heterocycles. The van der Waals surface area contributed by atoms with Crippen molar-refractivity contribution in [3.8, 4) is 0 Å². The second-order valence-corrected chi connectivity index (χ2v) is 8.07. The summed E-state index contributed by atoms with van der Waals surface area (Å²) in [6, 6.07) is -4.47. The zero-order valence-electron chi connectivity index (χ0n) is 18.8. The van der Waals surface area contributed by atoms with Crippen LogP contribution in [0.1, 0.15) is 39.8 Å². The highest BCUT2D eigenvalue weighted by Crippen LogP contribution is 2.10. The van der Waals surface area contributed by atoms with E-state index in [2.05, 4.69) is 25.9 Å². The average molecular weight is 455 g/mol. The predicted molar refractivity (Wildman–Crippen MR) is 115 cm³/mol. The summed E-state index contributed by atoms with van der Waals surface area (Å²) < 4.78 is 0. The number of aliphatic hydroxyl groups is 1. The van der Waals surface area contributed by atoms with Crippen molar-refractivity contribution in [1.29, 1.82) is 0 Å². The number of hydrogen-bond acceptors (Lipinski definition) is 7. The minimum Gasteiger partial charge on any atom is -0.480 e. The maximum absolute atomic E-state index is 12.9. The Morgan fingerprint density at radius 3 is 2.16 bits per heavy atom. The van der Waals surface area contributed by atoms with Gasteiger partial charge in [0.1, 0.15) is 24.2 Å². The molecule has 12 nitrogen and oxygen atoms in total. The summed E-state index contributed by atoms with van der Waals surface area (Å²) in [7, 11) is 0. The van der Waals surface area contributed by atoms with Crippen LogP contribution in [0.4, 0.5) is 0 Å². The smallest absolute Gasteiger partial charge is 0.326 e. The molecule has 5 unspecified atom stereocenters. The molecule has 180 valence electrons. The molecule has 0 aliphatic carbocycles. The van der Waals surface area contributed by atoms with Crippen LogP contribution < -0.4 is 21.7 Å². The number of nitrogens with zero attached hydrogens (tertiary/aromatic N) is 1. The van der Waals surface area contributed by atoms with Crippen molar-refractivity contribution in [2.45, 2.75) is 64.7 Å². The van der Waals surface area contributed by atoms with Crippen LogP contribution in [0, 0.1) is 11.8 Å². The number of hydrogen-bond donors (Lipinski definition) is 7. The molecule has 5 atom stereocenters. The van der Waals surface area contributed by atoms with E-state index in [9.17, 15) is 24.3 Å². The second kappa shape index (κ2) is 12.8. The lowest BCUT2D eigenvalue weighted by atomic mass is 9.98. The molecule has 0 aromatic carbocycles. The molecule has 0 aliphatic rings. The Balaban J connectivity index is 3.06. The van der Waals surface area contributed by atoms with Gasteiger partial charge in [0.05, 0.1) is 12.9 Å². The Kier molecular flexibility index (Phi) is 10.8. The molecule has 1 heterocycles. The third-order valence-electron chi connectivity index (χ3n) is 5.17. The van der Waals surface area contributed by atoms with E-state index >= 15 is 0 Å². The molecule has 3 amide bonds. The van der Waals surface area contributed by atoms with Crippen molar-refractivity contribution >= 4 is 23.7 Å². The van der Waals surface area contributed by atoms with Gasteiger partial charge in [0.2, 0.25) is 17.7 Å². The Morgan fingerprint density at radius 2 is 1.69 bits per heavy atom. The second-order valence-electron chi connectivity index (χ2n) is 8.07. The molecule has 12 heteroatoms. The monoisotopic (exact) mass is 454 g/mol. The van der Waals surface area contributed by atoms with E-state index in [0.717, 1.165) is 0 Å². The molecule has 8 N–H and O–H groups in total. The molecule has 0 saturated heterocycles. The molecule has 1 rings (SSSR count). The first-order chi connectivity index (χ1) is 15.0. The van der Waals surface area contributed by atoms with E-state index in [1.165, 1.54) is 12.5 Å². The molecular formula is C20H34N6O6. The first kappa shape index (κ1) is 27.0. The number of carboxylic acids is 1. The number of carboxylic acid groups (broad SMARTS) is 1.